The van der Waals surface area contributed by atoms with Gasteiger partial charge in [-0.3, -0.25) is 4.79 Å². The summed E-state index contributed by atoms with van der Waals surface area (Å²) in [5, 5.41) is 6.69. The van der Waals surface area contributed by atoms with Crippen molar-refractivity contribution in [1.82, 2.24) is 19.8 Å². The van der Waals surface area contributed by atoms with Gasteiger partial charge in [0.2, 0.25) is 0 Å². The molecule has 6 heteroatoms. The molecule has 0 aliphatic carbocycles. The summed E-state index contributed by atoms with van der Waals surface area (Å²) in [6, 6.07) is 0. The van der Waals surface area contributed by atoms with Crippen molar-refractivity contribution >= 4 is 17.4 Å². The molecular weight excluding hydrogens is 224 g/mol. The van der Waals surface area contributed by atoms with E-state index in [-0.39, 0.29) is 5.91 Å². The normalized spacial score (nSPS) is 10.8. The van der Waals surface area contributed by atoms with Crippen LogP contribution in [-0.4, -0.2) is 46.6 Å². The number of aryl methyl sites for hydroxylation is 1. The van der Waals surface area contributed by atoms with Crippen LogP contribution in [0, 0.1) is 6.92 Å². The minimum absolute atomic E-state index is 0.0698. The lowest BCUT2D eigenvalue weighted by Gasteiger charge is -2.17. The van der Waals surface area contributed by atoms with Crippen LogP contribution < -0.4 is 5.32 Å². The van der Waals surface area contributed by atoms with Gasteiger partial charge >= 0.3 is 0 Å². The van der Waals surface area contributed by atoms with Crippen molar-refractivity contribution < 1.29 is 4.79 Å². The highest BCUT2D eigenvalue weighted by molar-refractivity contribution is 7.07. The number of amides is 1. The van der Waals surface area contributed by atoms with E-state index in [4.69, 9.17) is 0 Å². The summed E-state index contributed by atoms with van der Waals surface area (Å²) in [7, 11) is 0. The molecule has 1 N–H and O–H groups in total. The molecule has 5 nitrogen and oxygen atoms in total. The average Bonchev–Trinajstić information content (AvgIpc) is 2.70. The molecule has 0 atom stereocenters. The number of carbonyl (C=O) groups excluding carboxylic acids is 1. The van der Waals surface area contributed by atoms with Gasteiger partial charge in [-0.2, -0.15) is 0 Å². The van der Waals surface area contributed by atoms with E-state index in [0.29, 0.717) is 17.1 Å². The highest BCUT2D eigenvalue weighted by atomic mass is 32.1. The summed E-state index contributed by atoms with van der Waals surface area (Å²) in [6.07, 6.45) is 0. The van der Waals surface area contributed by atoms with Gasteiger partial charge in [-0.1, -0.05) is 18.3 Å². The largest absolute Gasteiger partial charge is 0.350 e. The van der Waals surface area contributed by atoms with Crippen molar-refractivity contribution in [3.63, 3.8) is 0 Å². The molecule has 1 aromatic rings. The number of aromatic nitrogens is 2. The zero-order valence-electron chi connectivity index (χ0n) is 9.99. The lowest BCUT2D eigenvalue weighted by atomic mass is 10.3. The molecular formula is C10H18N4OS. The van der Waals surface area contributed by atoms with E-state index in [9.17, 15) is 4.79 Å². The minimum Gasteiger partial charge on any atom is -0.350 e. The number of nitrogens with one attached hydrogen (secondary N) is 1. The Morgan fingerprint density at radius 3 is 2.62 bits per heavy atom. The van der Waals surface area contributed by atoms with Crippen LogP contribution in [-0.2, 0) is 0 Å². The van der Waals surface area contributed by atoms with E-state index in [1.54, 1.807) is 6.92 Å². The van der Waals surface area contributed by atoms with Gasteiger partial charge in [-0.25, -0.2) is 0 Å². The molecule has 0 spiro atoms. The van der Waals surface area contributed by atoms with Crippen molar-refractivity contribution in [1.29, 1.82) is 0 Å². The molecule has 0 fully saturated rings. The van der Waals surface area contributed by atoms with Gasteiger partial charge in [0.1, 0.15) is 4.88 Å². The lowest BCUT2D eigenvalue weighted by Crippen LogP contribution is -2.34. The molecule has 0 bridgehead atoms. The Morgan fingerprint density at radius 1 is 1.44 bits per heavy atom. The number of carbonyl (C=O) groups is 1. The first-order valence-electron chi connectivity index (χ1n) is 5.48. The number of hydrogen-bond acceptors (Lipinski definition) is 5. The summed E-state index contributed by atoms with van der Waals surface area (Å²) in [6.45, 7) is 9.58. The van der Waals surface area contributed by atoms with E-state index in [2.05, 4.69) is 33.7 Å². The summed E-state index contributed by atoms with van der Waals surface area (Å²) in [4.78, 5) is 14.6. The van der Waals surface area contributed by atoms with Crippen LogP contribution in [0.4, 0.5) is 0 Å². The van der Waals surface area contributed by atoms with E-state index >= 15 is 0 Å². The highest BCUT2D eigenvalue weighted by Crippen LogP contribution is 2.07. The van der Waals surface area contributed by atoms with Gasteiger partial charge in [-0.15, -0.1) is 5.10 Å². The van der Waals surface area contributed by atoms with Gasteiger partial charge in [-0.05, 0) is 31.5 Å². The quantitative estimate of drug-likeness (QED) is 0.806. The van der Waals surface area contributed by atoms with Crippen molar-refractivity contribution in [2.75, 3.05) is 26.2 Å². The predicted molar refractivity (Wildman–Crippen MR) is 64.8 cm³/mol. The standard InChI is InChI=1S/C10H18N4OS/c1-4-14(5-2)7-6-11-10(15)9-8(3)12-13-16-9/h4-7H2,1-3H3,(H,11,15). The first kappa shape index (κ1) is 13.1. The molecule has 90 valence electrons. The minimum atomic E-state index is -0.0698. The molecule has 0 radical (unpaired) electrons. The number of hydrogen-bond donors (Lipinski definition) is 1. The fourth-order valence-corrected chi connectivity index (χ4v) is 1.96. The molecule has 0 aliphatic heterocycles. The summed E-state index contributed by atoms with van der Waals surface area (Å²) in [5.74, 6) is -0.0698. The Balaban J connectivity index is 2.34. The maximum Gasteiger partial charge on any atom is 0.264 e. The molecule has 1 heterocycles. The SMILES string of the molecule is CCN(CC)CCNC(=O)c1snnc1C. The van der Waals surface area contributed by atoms with Crippen LogP contribution in [0.1, 0.15) is 29.2 Å². The average molecular weight is 242 g/mol. The van der Waals surface area contributed by atoms with Crippen molar-refractivity contribution in [3.8, 4) is 0 Å². The molecule has 1 aromatic heterocycles. The zero-order valence-corrected chi connectivity index (χ0v) is 10.8. The monoisotopic (exact) mass is 242 g/mol. The van der Waals surface area contributed by atoms with Crippen molar-refractivity contribution in [2.24, 2.45) is 0 Å². The maximum absolute atomic E-state index is 11.7. The van der Waals surface area contributed by atoms with Gasteiger partial charge in [0.05, 0.1) is 5.69 Å². The second-order valence-electron chi connectivity index (χ2n) is 3.47. The topological polar surface area (TPSA) is 58.1 Å². The third-order valence-corrected chi connectivity index (χ3v) is 3.29. The lowest BCUT2D eigenvalue weighted by molar-refractivity contribution is 0.0952. The first-order chi connectivity index (χ1) is 7.69. The van der Waals surface area contributed by atoms with Crippen molar-refractivity contribution in [3.05, 3.63) is 10.6 Å². The smallest absolute Gasteiger partial charge is 0.264 e. The Labute approximate surface area is 100 Å². The Morgan fingerprint density at radius 2 is 2.12 bits per heavy atom. The molecule has 1 amide bonds. The van der Waals surface area contributed by atoms with Crippen molar-refractivity contribution in [2.45, 2.75) is 20.8 Å². The van der Waals surface area contributed by atoms with Gasteiger partial charge in [0.15, 0.2) is 0 Å². The van der Waals surface area contributed by atoms with Crippen LogP contribution in [0.2, 0.25) is 0 Å². The van der Waals surface area contributed by atoms with E-state index < -0.39 is 0 Å². The Bertz CT molecular complexity index is 335. The Hall–Kier alpha value is -1.01. The maximum atomic E-state index is 11.7. The molecule has 0 unspecified atom stereocenters. The van der Waals surface area contributed by atoms with Crippen LogP contribution in [0.3, 0.4) is 0 Å². The second-order valence-corrected chi connectivity index (χ2v) is 4.22. The number of nitrogens with zero attached hydrogens (tertiary/aromatic N) is 3. The Kier molecular flexibility index (Phi) is 5.34. The summed E-state index contributed by atoms with van der Waals surface area (Å²) >= 11 is 1.14. The fraction of sp³-hybridized carbons (Fsp3) is 0.700. The zero-order chi connectivity index (χ0) is 12.0. The van der Waals surface area contributed by atoms with Crippen LogP contribution in [0.5, 0.6) is 0 Å². The predicted octanol–water partition coefficient (Wildman–Crippen LogP) is 0.918. The number of rotatable bonds is 6. The second kappa shape index (κ2) is 6.55. The fourth-order valence-electron chi connectivity index (χ4n) is 1.39. The first-order valence-corrected chi connectivity index (χ1v) is 6.25. The molecule has 16 heavy (non-hydrogen) atoms. The molecule has 0 aromatic carbocycles. The molecule has 0 aliphatic rings. The highest BCUT2D eigenvalue weighted by Gasteiger charge is 2.12. The van der Waals surface area contributed by atoms with Gasteiger partial charge < -0.3 is 10.2 Å². The van der Waals surface area contributed by atoms with Crippen LogP contribution >= 0.6 is 11.5 Å². The number of likely N-dealkylation sites (N-methyl/N-ethyl adjacent to an activating group) is 1. The van der Waals surface area contributed by atoms with Crippen LogP contribution in [0.25, 0.3) is 0 Å². The summed E-state index contributed by atoms with van der Waals surface area (Å²) in [5.41, 5.74) is 0.699. The molecule has 0 saturated heterocycles. The van der Waals surface area contributed by atoms with E-state index in [0.717, 1.165) is 31.2 Å². The summed E-state index contributed by atoms with van der Waals surface area (Å²) < 4.78 is 3.74. The van der Waals surface area contributed by atoms with E-state index in [1.165, 1.54) is 0 Å². The van der Waals surface area contributed by atoms with E-state index in [1.807, 2.05) is 0 Å². The molecule has 0 saturated carbocycles. The molecule has 1 rings (SSSR count). The van der Waals surface area contributed by atoms with Gasteiger partial charge in [0.25, 0.3) is 5.91 Å². The van der Waals surface area contributed by atoms with Crippen LogP contribution in [0.15, 0.2) is 0 Å². The van der Waals surface area contributed by atoms with Gasteiger partial charge in [0, 0.05) is 13.1 Å². The third kappa shape index (κ3) is 3.53. The third-order valence-electron chi connectivity index (χ3n) is 2.47.